The lowest BCUT2D eigenvalue weighted by atomic mass is 10.1. The quantitative estimate of drug-likeness (QED) is 0.730. The van der Waals surface area contributed by atoms with Crippen molar-refractivity contribution >= 4 is 0 Å². The first-order valence-electron chi connectivity index (χ1n) is 6.93. The Balaban J connectivity index is 1.83. The van der Waals surface area contributed by atoms with Gasteiger partial charge in [0.2, 0.25) is 0 Å². The fourth-order valence-electron chi connectivity index (χ4n) is 2.89. The molecular formula is C14H22N4. The Morgan fingerprint density at radius 1 is 1.22 bits per heavy atom. The van der Waals surface area contributed by atoms with Crippen LogP contribution in [0.1, 0.15) is 18.3 Å². The summed E-state index contributed by atoms with van der Waals surface area (Å²) in [6.45, 7) is 9.94. The third-order valence-electron chi connectivity index (χ3n) is 3.99. The Morgan fingerprint density at radius 3 is 3.00 bits per heavy atom. The highest BCUT2D eigenvalue weighted by atomic mass is 15.3. The van der Waals surface area contributed by atoms with E-state index in [1.54, 1.807) is 0 Å². The third-order valence-corrected chi connectivity index (χ3v) is 3.99. The molecule has 18 heavy (non-hydrogen) atoms. The van der Waals surface area contributed by atoms with Crippen LogP contribution in [0.3, 0.4) is 0 Å². The minimum Gasteiger partial charge on any atom is -0.310 e. The van der Waals surface area contributed by atoms with Crippen molar-refractivity contribution in [1.82, 2.24) is 20.1 Å². The molecule has 0 spiro atoms. The molecule has 4 heteroatoms. The van der Waals surface area contributed by atoms with E-state index in [4.69, 9.17) is 4.98 Å². The smallest absolute Gasteiger partial charge is 0.0548 e. The fourth-order valence-corrected chi connectivity index (χ4v) is 2.89. The number of nitrogens with zero attached hydrogens (tertiary/aromatic N) is 3. The van der Waals surface area contributed by atoms with Crippen LogP contribution < -0.4 is 5.32 Å². The number of aromatic nitrogens is 1. The first-order chi connectivity index (χ1) is 8.81. The van der Waals surface area contributed by atoms with Crippen LogP contribution in [-0.4, -0.2) is 53.5 Å². The van der Waals surface area contributed by atoms with Gasteiger partial charge in [0.25, 0.3) is 0 Å². The average Bonchev–Trinajstić information content (AvgIpc) is 2.37. The van der Waals surface area contributed by atoms with E-state index in [0.29, 0.717) is 6.04 Å². The fraction of sp³-hybridized carbons (Fsp3) is 0.643. The summed E-state index contributed by atoms with van der Waals surface area (Å²) in [5.41, 5.74) is 2.36. The topological polar surface area (TPSA) is 31.4 Å². The van der Waals surface area contributed by atoms with Crippen molar-refractivity contribution in [1.29, 1.82) is 0 Å². The van der Waals surface area contributed by atoms with Crippen molar-refractivity contribution in [3.8, 4) is 0 Å². The molecule has 3 aliphatic heterocycles. The van der Waals surface area contributed by atoms with E-state index in [0.717, 1.165) is 38.4 Å². The molecular weight excluding hydrogens is 224 g/mol. The molecule has 1 saturated heterocycles. The second-order valence-electron chi connectivity index (χ2n) is 5.42. The van der Waals surface area contributed by atoms with Crippen molar-refractivity contribution in [3.05, 3.63) is 29.6 Å². The highest BCUT2D eigenvalue weighted by molar-refractivity contribution is 5.11. The van der Waals surface area contributed by atoms with Crippen LogP contribution in [0.15, 0.2) is 18.2 Å². The van der Waals surface area contributed by atoms with E-state index in [2.05, 4.69) is 40.2 Å². The Bertz CT molecular complexity index is 405. The average molecular weight is 246 g/mol. The number of nitrogens with one attached hydrogen (secondary N) is 1. The van der Waals surface area contributed by atoms with Gasteiger partial charge in [-0.15, -0.1) is 0 Å². The first kappa shape index (κ1) is 12.1. The minimum atomic E-state index is 0.628. The largest absolute Gasteiger partial charge is 0.310 e. The van der Waals surface area contributed by atoms with Gasteiger partial charge in [-0.3, -0.25) is 14.8 Å². The van der Waals surface area contributed by atoms with Gasteiger partial charge in [-0.2, -0.15) is 0 Å². The molecule has 3 aliphatic rings. The molecule has 4 bridgehead atoms. The molecule has 3 unspecified atom stereocenters. The Morgan fingerprint density at radius 2 is 2.11 bits per heavy atom. The van der Waals surface area contributed by atoms with Crippen molar-refractivity contribution in [3.63, 3.8) is 0 Å². The summed E-state index contributed by atoms with van der Waals surface area (Å²) in [5, 5.41) is 3.49. The lowest BCUT2D eigenvalue weighted by molar-refractivity contribution is 0.0767. The molecule has 1 aromatic heterocycles. The summed E-state index contributed by atoms with van der Waals surface area (Å²) in [6.07, 6.45) is 0. The molecule has 0 radical (unpaired) electrons. The highest BCUT2D eigenvalue weighted by Crippen LogP contribution is 2.13. The summed E-state index contributed by atoms with van der Waals surface area (Å²) in [6, 6.07) is 7.02. The molecule has 4 nitrogen and oxygen atoms in total. The van der Waals surface area contributed by atoms with E-state index in [9.17, 15) is 0 Å². The van der Waals surface area contributed by atoms with Crippen molar-refractivity contribution in [2.24, 2.45) is 0 Å². The van der Waals surface area contributed by atoms with E-state index >= 15 is 0 Å². The molecule has 1 aromatic rings. The minimum absolute atomic E-state index is 0.628. The van der Waals surface area contributed by atoms with Gasteiger partial charge >= 0.3 is 0 Å². The van der Waals surface area contributed by atoms with Crippen LogP contribution in [0.25, 0.3) is 0 Å². The Hall–Kier alpha value is -0.970. The molecule has 1 N–H and O–H groups in total. The predicted octanol–water partition coefficient (Wildman–Crippen LogP) is 0.691. The number of fused-ring (bicyclic) bond motifs is 5. The van der Waals surface area contributed by atoms with Crippen LogP contribution in [0.5, 0.6) is 0 Å². The monoisotopic (exact) mass is 246 g/mol. The molecule has 0 aromatic carbocycles. The van der Waals surface area contributed by atoms with Gasteiger partial charge in [0.05, 0.1) is 11.4 Å². The van der Waals surface area contributed by atoms with Gasteiger partial charge in [-0.1, -0.05) is 6.07 Å². The zero-order valence-corrected chi connectivity index (χ0v) is 11.1. The molecule has 0 amide bonds. The summed E-state index contributed by atoms with van der Waals surface area (Å²) < 4.78 is 0. The van der Waals surface area contributed by atoms with Gasteiger partial charge in [0.1, 0.15) is 0 Å². The van der Waals surface area contributed by atoms with Gasteiger partial charge in [0.15, 0.2) is 0 Å². The van der Waals surface area contributed by atoms with Crippen LogP contribution in [0.4, 0.5) is 0 Å². The summed E-state index contributed by atoms with van der Waals surface area (Å²) in [5.74, 6) is 0. The molecule has 4 heterocycles. The van der Waals surface area contributed by atoms with Gasteiger partial charge in [0, 0.05) is 51.9 Å². The second-order valence-corrected chi connectivity index (χ2v) is 5.42. The lowest BCUT2D eigenvalue weighted by Crippen LogP contribution is -2.52. The number of hydrogen-bond donors (Lipinski definition) is 1. The van der Waals surface area contributed by atoms with Crippen LogP contribution in [0.2, 0.25) is 0 Å². The van der Waals surface area contributed by atoms with E-state index in [1.165, 1.54) is 18.8 Å². The Kier molecular flexibility index (Phi) is 3.59. The summed E-state index contributed by atoms with van der Waals surface area (Å²) in [7, 11) is 0. The zero-order valence-electron chi connectivity index (χ0n) is 11.1. The lowest BCUT2D eigenvalue weighted by Gasteiger charge is -2.40. The number of piperazine rings is 1. The standard InChI is InChI=1S/C14H22N4/c1-12-10-17-6-5-15-9-13-3-2-4-14(16-13)11-18(12)8-7-17/h2-4,12,15H,5-11H2,1H3. The van der Waals surface area contributed by atoms with E-state index in [-0.39, 0.29) is 0 Å². The van der Waals surface area contributed by atoms with Crippen LogP contribution in [-0.2, 0) is 13.1 Å². The highest BCUT2D eigenvalue weighted by Gasteiger charge is 2.23. The van der Waals surface area contributed by atoms with E-state index in [1.807, 2.05) is 0 Å². The maximum atomic E-state index is 4.74. The number of hydrogen-bond acceptors (Lipinski definition) is 4. The molecule has 3 atom stereocenters. The summed E-state index contributed by atoms with van der Waals surface area (Å²) >= 11 is 0. The van der Waals surface area contributed by atoms with Gasteiger partial charge in [-0.05, 0) is 19.1 Å². The maximum absolute atomic E-state index is 4.74. The Labute approximate surface area is 109 Å². The van der Waals surface area contributed by atoms with E-state index < -0.39 is 0 Å². The van der Waals surface area contributed by atoms with Crippen molar-refractivity contribution in [2.75, 3.05) is 32.7 Å². The maximum Gasteiger partial charge on any atom is 0.0548 e. The normalized spacial score (nSPS) is 32.6. The molecule has 98 valence electrons. The van der Waals surface area contributed by atoms with Gasteiger partial charge < -0.3 is 5.32 Å². The number of rotatable bonds is 0. The predicted molar refractivity (Wildman–Crippen MR) is 72.3 cm³/mol. The summed E-state index contributed by atoms with van der Waals surface area (Å²) in [4.78, 5) is 9.86. The second kappa shape index (κ2) is 5.34. The van der Waals surface area contributed by atoms with Crippen LogP contribution >= 0.6 is 0 Å². The first-order valence-corrected chi connectivity index (χ1v) is 6.93. The molecule has 1 fully saturated rings. The molecule has 0 aliphatic carbocycles. The number of pyridine rings is 1. The van der Waals surface area contributed by atoms with Crippen molar-refractivity contribution in [2.45, 2.75) is 26.1 Å². The van der Waals surface area contributed by atoms with Crippen molar-refractivity contribution < 1.29 is 0 Å². The third kappa shape index (κ3) is 2.71. The zero-order chi connectivity index (χ0) is 12.4. The SMILES string of the molecule is CC1CN2CCNCc3cccc(n3)CN1CC2. The molecule has 0 saturated carbocycles. The van der Waals surface area contributed by atoms with Gasteiger partial charge in [-0.25, -0.2) is 0 Å². The molecule has 4 rings (SSSR count). The van der Waals surface area contributed by atoms with Crippen LogP contribution in [0, 0.1) is 0 Å².